The normalized spacial score (nSPS) is 15.8. The van der Waals surface area contributed by atoms with Gasteiger partial charge in [0, 0.05) is 16.4 Å². The van der Waals surface area contributed by atoms with Gasteiger partial charge in [-0.25, -0.2) is 0 Å². The molecule has 2 N–H and O–H groups in total. The van der Waals surface area contributed by atoms with Crippen molar-refractivity contribution >= 4 is 34.2 Å². The first-order valence-electron chi connectivity index (χ1n) is 8.21. The second-order valence-corrected chi connectivity index (χ2v) is 7.88. The minimum absolute atomic E-state index is 0. The lowest BCUT2D eigenvalue weighted by Gasteiger charge is -2.27. The minimum Gasteiger partial charge on any atom is -0.351 e. The first kappa shape index (κ1) is 20.5. The highest BCUT2D eigenvalue weighted by atomic mass is 79.9. The molecule has 1 heterocycles. The van der Waals surface area contributed by atoms with E-state index in [1.165, 1.54) is 18.4 Å². The zero-order valence-corrected chi connectivity index (χ0v) is 16.4. The van der Waals surface area contributed by atoms with Gasteiger partial charge in [0.05, 0.1) is 0 Å². The Morgan fingerprint density at radius 2 is 1.87 bits per heavy atom. The summed E-state index contributed by atoms with van der Waals surface area (Å²) in [6.07, 6.45) is 4.92. The van der Waals surface area contributed by atoms with Crippen LogP contribution in [0.4, 0.5) is 0 Å². The van der Waals surface area contributed by atoms with Gasteiger partial charge in [0.1, 0.15) is 0 Å². The van der Waals surface area contributed by atoms with Gasteiger partial charge in [-0.1, -0.05) is 28.1 Å². The fraction of sp³-hybridized carbons (Fsp3) is 0.611. The van der Waals surface area contributed by atoms with Crippen LogP contribution in [0.25, 0.3) is 0 Å². The Labute approximate surface area is 154 Å². The van der Waals surface area contributed by atoms with Gasteiger partial charge < -0.3 is 10.6 Å². The molecule has 2 rings (SSSR count). The fourth-order valence-electron chi connectivity index (χ4n) is 3.10. The maximum absolute atomic E-state index is 12.2. The molecule has 1 aromatic rings. The van der Waals surface area contributed by atoms with E-state index in [9.17, 15) is 4.79 Å². The molecule has 0 saturated carbocycles. The summed E-state index contributed by atoms with van der Waals surface area (Å²) in [6, 6.07) is 8.30. The van der Waals surface area contributed by atoms with Crippen molar-refractivity contribution in [3.8, 4) is 0 Å². The van der Waals surface area contributed by atoms with Gasteiger partial charge in [-0.05, 0) is 76.2 Å². The van der Waals surface area contributed by atoms with Crippen molar-refractivity contribution in [2.24, 2.45) is 5.92 Å². The van der Waals surface area contributed by atoms with Crippen LogP contribution >= 0.6 is 28.3 Å². The van der Waals surface area contributed by atoms with Crippen molar-refractivity contribution in [3.63, 3.8) is 0 Å². The van der Waals surface area contributed by atoms with Crippen LogP contribution in [0, 0.1) is 5.92 Å². The van der Waals surface area contributed by atoms with Gasteiger partial charge in [0.25, 0.3) is 0 Å². The zero-order chi connectivity index (χ0) is 16.0. The van der Waals surface area contributed by atoms with Crippen molar-refractivity contribution in [1.82, 2.24) is 10.6 Å². The van der Waals surface area contributed by atoms with Gasteiger partial charge in [-0.15, -0.1) is 12.4 Å². The van der Waals surface area contributed by atoms with Crippen molar-refractivity contribution in [1.29, 1.82) is 0 Å². The Bertz CT molecular complexity index is 484. The van der Waals surface area contributed by atoms with E-state index < -0.39 is 0 Å². The largest absolute Gasteiger partial charge is 0.351 e. The molecule has 1 aromatic carbocycles. The van der Waals surface area contributed by atoms with E-state index in [-0.39, 0.29) is 23.9 Å². The maximum Gasteiger partial charge on any atom is 0.220 e. The van der Waals surface area contributed by atoms with Crippen LogP contribution in [-0.4, -0.2) is 24.5 Å². The number of carbonyl (C=O) groups excluding carboxylic acids is 1. The fourth-order valence-corrected chi connectivity index (χ4v) is 3.37. The molecule has 1 aliphatic heterocycles. The Morgan fingerprint density at radius 3 is 2.48 bits per heavy atom. The van der Waals surface area contributed by atoms with Crippen LogP contribution in [0.5, 0.6) is 0 Å². The van der Waals surface area contributed by atoms with Crippen molar-refractivity contribution in [2.75, 3.05) is 13.1 Å². The standard InChI is InChI=1S/C18H27BrN2O.ClH/c1-18(2,13-15-3-6-16(19)7-4-15)21-17(22)8-5-14-9-11-20-12-10-14;/h3-4,6-7,14,20H,5,8-13H2,1-2H3,(H,21,22);1H. The first-order chi connectivity index (χ1) is 10.4. The molecule has 0 radical (unpaired) electrons. The van der Waals surface area contributed by atoms with Crippen molar-refractivity contribution < 1.29 is 4.79 Å². The van der Waals surface area contributed by atoms with Crippen LogP contribution in [0.2, 0.25) is 0 Å². The van der Waals surface area contributed by atoms with E-state index in [0.29, 0.717) is 12.3 Å². The summed E-state index contributed by atoms with van der Waals surface area (Å²) >= 11 is 3.45. The van der Waals surface area contributed by atoms with Crippen molar-refractivity contribution in [3.05, 3.63) is 34.3 Å². The molecule has 23 heavy (non-hydrogen) atoms. The minimum atomic E-state index is -0.209. The van der Waals surface area contributed by atoms with E-state index in [1.54, 1.807) is 0 Å². The number of hydrogen-bond acceptors (Lipinski definition) is 2. The highest BCUT2D eigenvalue weighted by Gasteiger charge is 2.22. The molecular formula is C18H28BrClN2O. The lowest BCUT2D eigenvalue weighted by Crippen LogP contribution is -2.45. The summed E-state index contributed by atoms with van der Waals surface area (Å²) in [5, 5.41) is 6.56. The summed E-state index contributed by atoms with van der Waals surface area (Å²) in [5.74, 6) is 0.891. The summed E-state index contributed by atoms with van der Waals surface area (Å²) in [6.45, 7) is 6.39. The molecular weight excluding hydrogens is 376 g/mol. The summed E-state index contributed by atoms with van der Waals surface area (Å²) in [5.41, 5.74) is 1.03. The molecule has 0 unspecified atom stereocenters. The molecule has 3 nitrogen and oxygen atoms in total. The number of piperidine rings is 1. The van der Waals surface area contributed by atoms with Gasteiger partial charge >= 0.3 is 0 Å². The van der Waals surface area contributed by atoms with E-state index in [2.05, 4.69) is 52.5 Å². The Hall–Kier alpha value is -0.580. The number of amides is 1. The van der Waals surface area contributed by atoms with Crippen LogP contribution in [0.1, 0.15) is 45.1 Å². The Morgan fingerprint density at radius 1 is 1.26 bits per heavy atom. The summed E-state index contributed by atoms with van der Waals surface area (Å²) in [4.78, 5) is 12.2. The molecule has 1 amide bonds. The average molecular weight is 404 g/mol. The predicted octanol–water partition coefficient (Wildman–Crippen LogP) is 4.09. The predicted molar refractivity (Wildman–Crippen MR) is 102 cm³/mol. The van der Waals surface area contributed by atoms with E-state index >= 15 is 0 Å². The second-order valence-electron chi connectivity index (χ2n) is 6.97. The molecule has 5 heteroatoms. The third kappa shape index (κ3) is 7.69. The molecule has 1 fully saturated rings. The molecule has 1 saturated heterocycles. The van der Waals surface area contributed by atoms with E-state index in [1.807, 2.05) is 12.1 Å². The smallest absolute Gasteiger partial charge is 0.220 e. The SMILES string of the molecule is CC(C)(Cc1ccc(Br)cc1)NC(=O)CCC1CCNCC1.Cl. The number of benzene rings is 1. The molecule has 0 spiro atoms. The number of rotatable bonds is 6. The topological polar surface area (TPSA) is 41.1 Å². The molecule has 0 atom stereocenters. The molecule has 0 aromatic heterocycles. The third-order valence-corrected chi connectivity index (χ3v) is 4.80. The Balaban J connectivity index is 0.00000264. The van der Waals surface area contributed by atoms with Gasteiger partial charge in [0.2, 0.25) is 5.91 Å². The van der Waals surface area contributed by atoms with Crippen LogP contribution in [-0.2, 0) is 11.2 Å². The summed E-state index contributed by atoms with van der Waals surface area (Å²) in [7, 11) is 0. The lowest BCUT2D eigenvalue weighted by atomic mass is 9.92. The quantitative estimate of drug-likeness (QED) is 0.751. The van der Waals surface area contributed by atoms with Crippen LogP contribution in [0.3, 0.4) is 0 Å². The molecule has 0 bridgehead atoms. The van der Waals surface area contributed by atoms with Crippen LogP contribution < -0.4 is 10.6 Å². The highest BCUT2D eigenvalue weighted by molar-refractivity contribution is 9.10. The Kier molecular flexibility index (Phi) is 8.59. The monoisotopic (exact) mass is 402 g/mol. The number of hydrogen-bond donors (Lipinski definition) is 2. The van der Waals surface area contributed by atoms with Crippen LogP contribution in [0.15, 0.2) is 28.7 Å². The maximum atomic E-state index is 12.2. The highest BCUT2D eigenvalue weighted by Crippen LogP contribution is 2.19. The third-order valence-electron chi connectivity index (χ3n) is 4.28. The second kappa shape index (κ2) is 9.65. The lowest BCUT2D eigenvalue weighted by molar-refractivity contribution is -0.123. The van der Waals surface area contributed by atoms with E-state index in [0.717, 1.165) is 30.4 Å². The zero-order valence-electron chi connectivity index (χ0n) is 14.0. The average Bonchev–Trinajstić information content (AvgIpc) is 2.48. The van der Waals surface area contributed by atoms with Crippen molar-refractivity contribution in [2.45, 2.75) is 51.5 Å². The van der Waals surface area contributed by atoms with Gasteiger partial charge in [-0.3, -0.25) is 4.79 Å². The number of nitrogens with one attached hydrogen (secondary N) is 2. The van der Waals surface area contributed by atoms with E-state index in [4.69, 9.17) is 0 Å². The number of halogens is 2. The molecule has 0 aliphatic carbocycles. The number of carbonyl (C=O) groups is 1. The first-order valence-corrected chi connectivity index (χ1v) is 9.00. The van der Waals surface area contributed by atoms with Gasteiger partial charge in [-0.2, -0.15) is 0 Å². The molecule has 130 valence electrons. The molecule has 1 aliphatic rings. The van der Waals surface area contributed by atoms with Gasteiger partial charge in [0.15, 0.2) is 0 Å². The summed E-state index contributed by atoms with van der Waals surface area (Å²) < 4.78 is 1.08.